The summed E-state index contributed by atoms with van der Waals surface area (Å²) < 4.78 is 32.8. The monoisotopic (exact) mass is 420 g/mol. The number of amides is 1. The quantitative estimate of drug-likeness (QED) is 0.737. The molecule has 158 valence electrons. The Bertz CT molecular complexity index is 965. The van der Waals surface area contributed by atoms with Crippen molar-refractivity contribution in [1.29, 1.82) is 0 Å². The molecule has 0 saturated heterocycles. The Kier molecular flexibility index (Phi) is 6.69. The molecule has 0 bridgehead atoms. The van der Waals surface area contributed by atoms with E-state index in [4.69, 9.17) is 4.52 Å². The van der Waals surface area contributed by atoms with Crippen molar-refractivity contribution in [3.05, 3.63) is 35.5 Å². The Morgan fingerprint density at radius 1 is 1.28 bits per heavy atom. The molecule has 1 amide bonds. The third-order valence-electron chi connectivity index (χ3n) is 5.22. The zero-order chi connectivity index (χ0) is 21.0. The molecule has 2 aromatic rings. The number of rotatable bonds is 7. The second kappa shape index (κ2) is 9.04. The number of hydrogen-bond acceptors (Lipinski definition) is 6. The van der Waals surface area contributed by atoms with Crippen molar-refractivity contribution in [3.8, 4) is 0 Å². The van der Waals surface area contributed by atoms with Crippen molar-refractivity contribution in [3.63, 3.8) is 0 Å². The molecular weight excluding hydrogens is 392 g/mol. The van der Waals surface area contributed by atoms with E-state index in [-0.39, 0.29) is 23.0 Å². The van der Waals surface area contributed by atoms with Gasteiger partial charge in [0.05, 0.1) is 5.69 Å². The van der Waals surface area contributed by atoms with Crippen LogP contribution >= 0.6 is 0 Å². The highest BCUT2D eigenvalue weighted by Gasteiger charge is 2.26. The summed E-state index contributed by atoms with van der Waals surface area (Å²) in [6, 6.07) is 4.93. The first-order valence-corrected chi connectivity index (χ1v) is 11.4. The minimum atomic E-state index is -3.79. The van der Waals surface area contributed by atoms with E-state index in [1.54, 1.807) is 18.2 Å². The molecule has 1 N–H and O–H groups in total. The maximum Gasteiger partial charge on any atom is 0.244 e. The number of hydrogen-bond donors (Lipinski definition) is 1. The summed E-state index contributed by atoms with van der Waals surface area (Å²) in [5.74, 6) is 1.17. The van der Waals surface area contributed by atoms with Crippen molar-refractivity contribution < 1.29 is 17.7 Å². The van der Waals surface area contributed by atoms with Gasteiger partial charge in [0, 0.05) is 32.9 Å². The summed E-state index contributed by atoms with van der Waals surface area (Å²) >= 11 is 0. The zero-order valence-electron chi connectivity index (χ0n) is 17.1. The molecule has 1 saturated carbocycles. The number of aryl methyl sites for hydroxylation is 1. The van der Waals surface area contributed by atoms with E-state index in [9.17, 15) is 13.2 Å². The highest BCUT2D eigenvalue weighted by molar-refractivity contribution is 7.89. The summed E-state index contributed by atoms with van der Waals surface area (Å²) in [6.07, 6.45) is 6.09. The number of nitrogens with one attached hydrogen (secondary N) is 1. The lowest BCUT2D eigenvalue weighted by atomic mass is 9.89. The van der Waals surface area contributed by atoms with Gasteiger partial charge in [0.1, 0.15) is 4.90 Å². The number of benzene rings is 1. The van der Waals surface area contributed by atoms with E-state index < -0.39 is 10.0 Å². The van der Waals surface area contributed by atoms with Gasteiger partial charge in [0.25, 0.3) is 0 Å². The van der Waals surface area contributed by atoms with Crippen LogP contribution in [0.4, 0.5) is 5.69 Å². The largest absolute Gasteiger partial charge is 0.339 e. The van der Waals surface area contributed by atoms with Crippen molar-refractivity contribution >= 4 is 21.6 Å². The number of likely N-dealkylation sites (N-methyl/N-ethyl adjacent to an activating group) is 1. The Morgan fingerprint density at radius 2 is 2.00 bits per heavy atom. The van der Waals surface area contributed by atoms with Crippen molar-refractivity contribution in [2.75, 3.05) is 18.9 Å². The smallest absolute Gasteiger partial charge is 0.244 e. The molecule has 8 nitrogen and oxygen atoms in total. The van der Waals surface area contributed by atoms with Crippen LogP contribution in [0.5, 0.6) is 0 Å². The SMILES string of the molecule is CC(=O)Nc1ccc(C)cc1S(=O)(=O)N(C)CCc1noc(C2CCCCC2)n1. The number of carbonyl (C=O) groups excluding carboxylic acids is 1. The van der Waals surface area contributed by atoms with Crippen LogP contribution in [0.3, 0.4) is 0 Å². The van der Waals surface area contributed by atoms with E-state index >= 15 is 0 Å². The first kappa shape index (κ1) is 21.4. The van der Waals surface area contributed by atoms with Crippen molar-refractivity contribution in [1.82, 2.24) is 14.4 Å². The van der Waals surface area contributed by atoms with E-state index in [1.807, 2.05) is 6.92 Å². The van der Waals surface area contributed by atoms with E-state index in [0.717, 1.165) is 18.4 Å². The van der Waals surface area contributed by atoms with Crippen LogP contribution in [-0.4, -0.2) is 42.4 Å². The lowest BCUT2D eigenvalue weighted by molar-refractivity contribution is -0.114. The summed E-state index contributed by atoms with van der Waals surface area (Å²) in [6.45, 7) is 3.36. The molecule has 0 radical (unpaired) electrons. The van der Waals surface area contributed by atoms with Gasteiger partial charge in [-0.1, -0.05) is 30.5 Å². The fourth-order valence-electron chi connectivity index (χ4n) is 3.57. The summed E-state index contributed by atoms with van der Waals surface area (Å²) in [7, 11) is -2.28. The van der Waals surface area contributed by atoms with Crippen LogP contribution < -0.4 is 5.32 Å². The van der Waals surface area contributed by atoms with Crippen LogP contribution in [0.1, 0.15) is 62.2 Å². The van der Waals surface area contributed by atoms with Crippen LogP contribution in [0.25, 0.3) is 0 Å². The molecule has 29 heavy (non-hydrogen) atoms. The number of aromatic nitrogens is 2. The lowest BCUT2D eigenvalue weighted by Crippen LogP contribution is -2.30. The second-order valence-electron chi connectivity index (χ2n) is 7.64. The van der Waals surface area contributed by atoms with Crippen LogP contribution in [0.15, 0.2) is 27.6 Å². The Morgan fingerprint density at radius 3 is 2.69 bits per heavy atom. The van der Waals surface area contributed by atoms with E-state index in [2.05, 4.69) is 15.5 Å². The minimum Gasteiger partial charge on any atom is -0.339 e. The van der Waals surface area contributed by atoms with Gasteiger partial charge >= 0.3 is 0 Å². The molecule has 9 heteroatoms. The van der Waals surface area contributed by atoms with Gasteiger partial charge in [-0.25, -0.2) is 12.7 Å². The molecule has 0 unspecified atom stereocenters. The van der Waals surface area contributed by atoms with Gasteiger partial charge in [-0.05, 0) is 37.5 Å². The molecule has 3 rings (SSSR count). The first-order chi connectivity index (χ1) is 13.8. The molecule has 1 aliphatic rings. The van der Waals surface area contributed by atoms with Crippen LogP contribution in [0, 0.1) is 6.92 Å². The highest BCUT2D eigenvalue weighted by atomic mass is 32.2. The van der Waals surface area contributed by atoms with E-state index in [0.29, 0.717) is 24.1 Å². The highest BCUT2D eigenvalue weighted by Crippen LogP contribution is 2.31. The molecule has 0 atom stereocenters. The van der Waals surface area contributed by atoms with Gasteiger partial charge in [-0.15, -0.1) is 0 Å². The molecule has 1 heterocycles. The topological polar surface area (TPSA) is 105 Å². The summed E-state index contributed by atoms with van der Waals surface area (Å²) in [5, 5.41) is 6.62. The van der Waals surface area contributed by atoms with Gasteiger partial charge in [-0.2, -0.15) is 4.98 Å². The number of anilines is 1. The molecular formula is C20H28N4O4S. The maximum absolute atomic E-state index is 13.1. The fourth-order valence-corrected chi connectivity index (χ4v) is 4.97. The normalized spacial score (nSPS) is 15.6. The standard InChI is InChI=1S/C20H28N4O4S/c1-14-9-10-17(21-15(2)25)18(13-14)29(26,27)24(3)12-11-19-22-20(28-23-19)16-7-5-4-6-8-16/h9-10,13,16H,4-8,11-12H2,1-3H3,(H,21,25). The molecule has 0 aliphatic heterocycles. The third-order valence-corrected chi connectivity index (χ3v) is 7.12. The van der Waals surface area contributed by atoms with Crippen molar-refractivity contribution in [2.24, 2.45) is 0 Å². The predicted molar refractivity (Wildman–Crippen MR) is 109 cm³/mol. The number of carbonyl (C=O) groups is 1. The van der Waals surface area contributed by atoms with Gasteiger partial charge in [0.15, 0.2) is 5.82 Å². The predicted octanol–water partition coefficient (Wildman–Crippen LogP) is 3.25. The first-order valence-electron chi connectivity index (χ1n) is 9.94. The Balaban J connectivity index is 1.70. The maximum atomic E-state index is 13.1. The molecule has 1 aliphatic carbocycles. The lowest BCUT2D eigenvalue weighted by Gasteiger charge is -2.19. The third kappa shape index (κ3) is 5.22. The van der Waals surface area contributed by atoms with Gasteiger partial charge < -0.3 is 9.84 Å². The molecule has 1 fully saturated rings. The Labute approximate surface area is 171 Å². The summed E-state index contributed by atoms with van der Waals surface area (Å²) in [4.78, 5) is 16.0. The van der Waals surface area contributed by atoms with Crippen LogP contribution in [-0.2, 0) is 21.2 Å². The van der Waals surface area contributed by atoms with E-state index in [1.165, 1.54) is 37.5 Å². The minimum absolute atomic E-state index is 0.0752. The molecule has 1 aromatic heterocycles. The number of sulfonamides is 1. The molecule has 1 aromatic carbocycles. The Hall–Kier alpha value is -2.26. The molecule has 0 spiro atoms. The average molecular weight is 421 g/mol. The van der Waals surface area contributed by atoms with Gasteiger partial charge in [-0.3, -0.25) is 4.79 Å². The zero-order valence-corrected chi connectivity index (χ0v) is 18.0. The number of nitrogens with zero attached hydrogens (tertiary/aromatic N) is 3. The summed E-state index contributed by atoms with van der Waals surface area (Å²) in [5.41, 5.74) is 1.07. The fraction of sp³-hybridized carbons (Fsp3) is 0.550. The van der Waals surface area contributed by atoms with Gasteiger partial charge in [0.2, 0.25) is 21.8 Å². The second-order valence-corrected chi connectivity index (χ2v) is 9.65. The van der Waals surface area contributed by atoms with Crippen LogP contribution in [0.2, 0.25) is 0 Å². The average Bonchev–Trinajstić information content (AvgIpc) is 3.16. The van der Waals surface area contributed by atoms with Crippen molar-refractivity contribution in [2.45, 2.75) is 63.2 Å².